The molecule has 0 saturated carbocycles. The molecule has 2 heterocycles. The SMILES string of the molecule is O=C1/C(=C\c2cn(Cc3ccc(F)cc3)c3ccccc23)SC(=S)N1c1ccc([N+](=O)[O-])cc1. The number of thiocarbonyl (C=S) groups is 1. The van der Waals surface area contributed by atoms with Gasteiger partial charge in [0.05, 0.1) is 15.5 Å². The lowest BCUT2D eigenvalue weighted by molar-refractivity contribution is -0.384. The smallest absolute Gasteiger partial charge is 0.270 e. The maximum Gasteiger partial charge on any atom is 0.270 e. The van der Waals surface area contributed by atoms with Crippen LogP contribution in [0.5, 0.6) is 0 Å². The molecule has 9 heteroatoms. The van der Waals surface area contributed by atoms with Crippen LogP contribution < -0.4 is 4.90 Å². The zero-order valence-corrected chi connectivity index (χ0v) is 19.2. The zero-order valence-electron chi connectivity index (χ0n) is 17.6. The van der Waals surface area contributed by atoms with Gasteiger partial charge in [0.2, 0.25) is 0 Å². The molecule has 1 aromatic heterocycles. The molecule has 0 N–H and O–H groups in total. The largest absolute Gasteiger partial charge is 0.342 e. The molecule has 0 atom stereocenters. The van der Waals surface area contributed by atoms with Crippen LogP contribution in [0, 0.1) is 15.9 Å². The molecule has 4 aromatic rings. The summed E-state index contributed by atoms with van der Waals surface area (Å²) in [6.45, 7) is 0.554. The summed E-state index contributed by atoms with van der Waals surface area (Å²) < 4.78 is 15.7. The van der Waals surface area contributed by atoms with Crippen molar-refractivity contribution >= 4 is 62.6 Å². The molecule has 6 nitrogen and oxygen atoms in total. The number of nitro groups is 1. The number of aromatic nitrogens is 1. The molecule has 0 aliphatic carbocycles. The second kappa shape index (κ2) is 8.85. The highest BCUT2D eigenvalue weighted by atomic mass is 32.2. The van der Waals surface area contributed by atoms with E-state index in [1.54, 1.807) is 12.1 Å². The van der Waals surface area contributed by atoms with Crippen molar-refractivity contribution in [3.05, 3.63) is 111 Å². The number of nitro benzene ring substituents is 1. The number of anilines is 1. The first kappa shape index (κ1) is 22.0. The van der Waals surface area contributed by atoms with Crippen LogP contribution in [-0.4, -0.2) is 19.7 Å². The average molecular weight is 490 g/mol. The fourth-order valence-electron chi connectivity index (χ4n) is 3.86. The van der Waals surface area contributed by atoms with Crippen molar-refractivity contribution in [3.63, 3.8) is 0 Å². The Labute approximate surface area is 203 Å². The second-order valence-electron chi connectivity index (χ2n) is 7.65. The van der Waals surface area contributed by atoms with E-state index < -0.39 is 4.92 Å². The first-order chi connectivity index (χ1) is 16.4. The molecular formula is C25H16FN3O3S2. The van der Waals surface area contributed by atoms with Crippen molar-refractivity contribution in [2.24, 2.45) is 0 Å². The van der Waals surface area contributed by atoms with Crippen molar-refractivity contribution in [3.8, 4) is 0 Å². The van der Waals surface area contributed by atoms with E-state index in [0.29, 0.717) is 21.5 Å². The molecule has 0 bridgehead atoms. The molecule has 1 aliphatic heterocycles. The van der Waals surface area contributed by atoms with E-state index in [-0.39, 0.29) is 17.4 Å². The highest BCUT2D eigenvalue weighted by Crippen LogP contribution is 2.37. The normalized spacial score (nSPS) is 15.0. The van der Waals surface area contributed by atoms with Crippen molar-refractivity contribution in [1.82, 2.24) is 4.57 Å². The van der Waals surface area contributed by atoms with Gasteiger partial charge in [-0.3, -0.25) is 19.8 Å². The maximum absolute atomic E-state index is 13.3. The molecular weight excluding hydrogens is 473 g/mol. The number of amides is 1. The number of hydrogen-bond donors (Lipinski definition) is 0. The van der Waals surface area contributed by atoms with Gasteiger partial charge in [-0.15, -0.1) is 0 Å². The number of carbonyl (C=O) groups excluding carboxylic acids is 1. The Bertz CT molecular complexity index is 1480. The molecule has 1 saturated heterocycles. The van der Waals surface area contributed by atoms with Crippen LogP contribution in [0.1, 0.15) is 11.1 Å². The number of benzene rings is 3. The molecule has 0 spiro atoms. The minimum Gasteiger partial charge on any atom is -0.342 e. The summed E-state index contributed by atoms with van der Waals surface area (Å²) in [5.74, 6) is -0.559. The third-order valence-electron chi connectivity index (χ3n) is 5.48. The quantitative estimate of drug-likeness (QED) is 0.146. The Balaban J connectivity index is 1.48. The van der Waals surface area contributed by atoms with Gasteiger partial charge in [-0.25, -0.2) is 4.39 Å². The van der Waals surface area contributed by atoms with E-state index in [1.807, 2.05) is 36.5 Å². The molecule has 34 heavy (non-hydrogen) atoms. The standard InChI is InChI=1S/C25H16FN3O3S2/c26-18-7-5-16(6-8-18)14-27-15-17(21-3-1-2-4-22(21)27)13-23-24(30)28(25(33)34-23)19-9-11-20(12-10-19)29(31)32/h1-13,15H,14H2/b23-13+. The highest BCUT2D eigenvalue weighted by Gasteiger charge is 2.33. The lowest BCUT2D eigenvalue weighted by atomic mass is 10.1. The Kier molecular flexibility index (Phi) is 5.72. The third-order valence-corrected chi connectivity index (χ3v) is 6.79. The number of carbonyl (C=O) groups is 1. The predicted molar refractivity (Wildman–Crippen MR) is 136 cm³/mol. The lowest BCUT2D eigenvalue weighted by Crippen LogP contribution is -2.27. The number of para-hydroxylation sites is 1. The number of thioether (sulfide) groups is 1. The Morgan fingerprint density at radius 2 is 1.74 bits per heavy atom. The fourth-order valence-corrected chi connectivity index (χ4v) is 5.15. The van der Waals surface area contributed by atoms with Crippen molar-refractivity contribution in [2.75, 3.05) is 4.90 Å². The molecule has 1 aliphatic rings. The minimum atomic E-state index is -0.490. The van der Waals surface area contributed by atoms with Crippen LogP contribution in [0.2, 0.25) is 0 Å². The predicted octanol–water partition coefficient (Wildman–Crippen LogP) is 6.14. The highest BCUT2D eigenvalue weighted by molar-refractivity contribution is 8.27. The van der Waals surface area contributed by atoms with Gasteiger partial charge >= 0.3 is 0 Å². The second-order valence-corrected chi connectivity index (χ2v) is 9.32. The van der Waals surface area contributed by atoms with Crippen molar-refractivity contribution < 1.29 is 14.1 Å². The van der Waals surface area contributed by atoms with Crippen LogP contribution in [0.3, 0.4) is 0 Å². The fraction of sp³-hybridized carbons (Fsp3) is 0.0400. The van der Waals surface area contributed by atoms with Crippen LogP contribution in [0.25, 0.3) is 17.0 Å². The zero-order chi connectivity index (χ0) is 23.8. The summed E-state index contributed by atoms with van der Waals surface area (Å²) in [6, 6.07) is 20.0. The van der Waals surface area contributed by atoms with Crippen molar-refractivity contribution in [1.29, 1.82) is 0 Å². The first-order valence-corrected chi connectivity index (χ1v) is 11.5. The molecule has 1 amide bonds. The van der Waals surface area contributed by atoms with Gasteiger partial charge in [0.1, 0.15) is 5.82 Å². The summed E-state index contributed by atoms with van der Waals surface area (Å²) in [5.41, 5.74) is 3.23. The summed E-state index contributed by atoms with van der Waals surface area (Å²) >= 11 is 6.62. The van der Waals surface area contributed by atoms with E-state index >= 15 is 0 Å². The molecule has 1 fully saturated rings. The summed E-state index contributed by atoms with van der Waals surface area (Å²) in [7, 11) is 0. The van der Waals surface area contributed by atoms with Crippen LogP contribution >= 0.6 is 24.0 Å². The van der Waals surface area contributed by atoms with Crippen LogP contribution in [0.4, 0.5) is 15.8 Å². The first-order valence-electron chi connectivity index (χ1n) is 10.3. The molecule has 5 rings (SSSR count). The summed E-state index contributed by atoms with van der Waals surface area (Å²) in [4.78, 5) is 25.5. The van der Waals surface area contributed by atoms with E-state index in [0.717, 1.165) is 22.0 Å². The van der Waals surface area contributed by atoms with Gasteiger partial charge in [-0.2, -0.15) is 0 Å². The van der Waals surface area contributed by atoms with Gasteiger partial charge in [-0.1, -0.05) is 54.3 Å². The molecule has 0 radical (unpaired) electrons. The van der Waals surface area contributed by atoms with Crippen LogP contribution in [0.15, 0.2) is 83.9 Å². The Hall–Kier alpha value is -3.82. The number of rotatable bonds is 5. The summed E-state index contributed by atoms with van der Waals surface area (Å²) in [6.07, 6.45) is 3.78. The summed E-state index contributed by atoms with van der Waals surface area (Å²) in [5, 5.41) is 11.9. The molecule has 0 unspecified atom stereocenters. The van der Waals surface area contributed by atoms with E-state index in [1.165, 1.54) is 53.1 Å². The van der Waals surface area contributed by atoms with Gasteiger partial charge in [0.15, 0.2) is 4.32 Å². The molecule has 3 aromatic carbocycles. The number of nitrogens with zero attached hydrogens (tertiary/aromatic N) is 3. The number of hydrogen-bond acceptors (Lipinski definition) is 5. The lowest BCUT2D eigenvalue weighted by Gasteiger charge is -2.13. The number of fused-ring (bicyclic) bond motifs is 1. The van der Waals surface area contributed by atoms with E-state index in [2.05, 4.69) is 4.57 Å². The Morgan fingerprint density at radius 3 is 2.44 bits per heavy atom. The number of non-ortho nitro benzene ring substituents is 1. The van der Waals surface area contributed by atoms with Gasteiger partial charge in [0.25, 0.3) is 11.6 Å². The van der Waals surface area contributed by atoms with Crippen molar-refractivity contribution in [2.45, 2.75) is 6.54 Å². The minimum absolute atomic E-state index is 0.0568. The third kappa shape index (κ3) is 4.11. The topological polar surface area (TPSA) is 68.4 Å². The number of halogens is 1. The maximum atomic E-state index is 13.3. The van der Waals surface area contributed by atoms with E-state index in [4.69, 9.17) is 12.2 Å². The van der Waals surface area contributed by atoms with Gasteiger partial charge in [-0.05, 0) is 42.0 Å². The van der Waals surface area contributed by atoms with Crippen LogP contribution in [-0.2, 0) is 11.3 Å². The molecule has 168 valence electrons. The Morgan fingerprint density at radius 1 is 1.03 bits per heavy atom. The average Bonchev–Trinajstić information content (AvgIpc) is 3.31. The monoisotopic (exact) mass is 489 g/mol. The van der Waals surface area contributed by atoms with Gasteiger partial charge in [0, 0.05) is 41.3 Å². The van der Waals surface area contributed by atoms with Gasteiger partial charge < -0.3 is 4.57 Å². The van der Waals surface area contributed by atoms with E-state index in [9.17, 15) is 19.3 Å².